The lowest BCUT2D eigenvalue weighted by Gasteiger charge is -2.22. The fraction of sp³-hybridized carbons (Fsp3) is 0.636. The maximum absolute atomic E-state index is 11.9. The first-order chi connectivity index (χ1) is 8.20. The van der Waals surface area contributed by atoms with Crippen molar-refractivity contribution in [2.45, 2.75) is 32.0 Å². The molecule has 0 aliphatic carbocycles. The summed E-state index contributed by atoms with van der Waals surface area (Å²) < 4.78 is 0. The van der Waals surface area contributed by atoms with Crippen molar-refractivity contribution < 1.29 is 4.79 Å². The molecule has 1 amide bonds. The molecule has 0 radical (unpaired) electrons. The van der Waals surface area contributed by atoms with Gasteiger partial charge in [-0.05, 0) is 13.3 Å². The smallest absolute Gasteiger partial charge is 0.237 e. The Morgan fingerprint density at radius 1 is 1.76 bits per heavy atom. The van der Waals surface area contributed by atoms with Gasteiger partial charge in [0, 0.05) is 31.1 Å². The van der Waals surface area contributed by atoms with E-state index in [2.05, 4.69) is 15.2 Å². The summed E-state index contributed by atoms with van der Waals surface area (Å²) in [6.07, 6.45) is 0.732. The molecule has 2 heterocycles. The molecule has 0 spiro atoms. The Labute approximate surface area is 105 Å². The first-order valence-corrected chi connectivity index (χ1v) is 6.79. The molecule has 0 unspecified atom stereocenters. The van der Waals surface area contributed by atoms with E-state index < -0.39 is 0 Å². The predicted octanol–water partition coefficient (Wildman–Crippen LogP) is 0.181. The van der Waals surface area contributed by atoms with Gasteiger partial charge in [-0.25, -0.2) is 4.98 Å². The molecule has 94 valence electrons. The van der Waals surface area contributed by atoms with Gasteiger partial charge < -0.3 is 11.1 Å². The average Bonchev–Trinajstić information content (AvgIpc) is 2.89. The van der Waals surface area contributed by atoms with Gasteiger partial charge in [-0.2, -0.15) is 0 Å². The molecule has 0 aromatic carbocycles. The van der Waals surface area contributed by atoms with Crippen LogP contribution in [0, 0.1) is 0 Å². The predicted molar refractivity (Wildman–Crippen MR) is 67.6 cm³/mol. The molecule has 17 heavy (non-hydrogen) atoms. The van der Waals surface area contributed by atoms with Crippen LogP contribution >= 0.6 is 11.3 Å². The summed E-state index contributed by atoms with van der Waals surface area (Å²) >= 11 is 1.57. The number of carbonyl (C=O) groups excluding carboxylic acids is 1. The minimum Gasteiger partial charge on any atom is -0.355 e. The summed E-state index contributed by atoms with van der Waals surface area (Å²) in [6.45, 7) is 4.06. The summed E-state index contributed by atoms with van der Waals surface area (Å²) in [4.78, 5) is 18.3. The Morgan fingerprint density at radius 2 is 2.59 bits per heavy atom. The summed E-state index contributed by atoms with van der Waals surface area (Å²) in [5.74, 6) is 0.0793. The molecule has 1 aliphatic rings. The lowest BCUT2D eigenvalue weighted by atomic mass is 10.1. The first-order valence-electron chi connectivity index (χ1n) is 5.85. The third-order valence-corrected chi connectivity index (χ3v) is 3.57. The highest BCUT2D eigenvalue weighted by Gasteiger charge is 2.34. The Kier molecular flexibility index (Phi) is 4.09. The molecule has 1 saturated heterocycles. The standard InChI is InChI=1S/C11H18N4OS/c1-2-13-11(16)10-3-8(12)4-15(10)5-9-6-17-7-14-9/h6-8,10H,2-5,12H2,1H3,(H,13,16)/t8-,10+/m1/s1. The van der Waals surface area contributed by atoms with Crippen molar-refractivity contribution in [3.05, 3.63) is 16.6 Å². The highest BCUT2D eigenvalue weighted by atomic mass is 32.1. The number of hydrogen-bond acceptors (Lipinski definition) is 5. The van der Waals surface area contributed by atoms with E-state index in [0.29, 0.717) is 13.1 Å². The van der Waals surface area contributed by atoms with Crippen molar-refractivity contribution in [2.75, 3.05) is 13.1 Å². The van der Waals surface area contributed by atoms with Crippen LogP contribution in [0.2, 0.25) is 0 Å². The van der Waals surface area contributed by atoms with Gasteiger partial charge >= 0.3 is 0 Å². The lowest BCUT2D eigenvalue weighted by molar-refractivity contribution is -0.125. The maximum atomic E-state index is 11.9. The Balaban J connectivity index is 2.01. The van der Waals surface area contributed by atoms with Crippen molar-refractivity contribution in [3.63, 3.8) is 0 Å². The number of carbonyl (C=O) groups is 1. The fourth-order valence-corrected chi connectivity index (χ4v) is 2.75. The highest BCUT2D eigenvalue weighted by Crippen LogP contribution is 2.19. The first kappa shape index (κ1) is 12.5. The van der Waals surface area contributed by atoms with Crippen LogP contribution in [-0.4, -0.2) is 41.0 Å². The number of rotatable bonds is 4. The summed E-state index contributed by atoms with van der Waals surface area (Å²) in [6, 6.07) is -0.0205. The number of nitrogens with two attached hydrogens (primary N) is 1. The van der Waals surface area contributed by atoms with E-state index in [1.807, 2.05) is 17.8 Å². The molecule has 0 bridgehead atoms. The van der Waals surface area contributed by atoms with Crippen molar-refractivity contribution >= 4 is 17.2 Å². The largest absolute Gasteiger partial charge is 0.355 e. The highest BCUT2D eigenvalue weighted by molar-refractivity contribution is 7.07. The SMILES string of the molecule is CCNC(=O)[C@@H]1C[C@@H](N)CN1Cc1cscn1. The van der Waals surface area contributed by atoms with Gasteiger partial charge in [0.15, 0.2) is 0 Å². The van der Waals surface area contributed by atoms with E-state index in [0.717, 1.165) is 18.7 Å². The molecule has 1 aromatic heterocycles. The van der Waals surface area contributed by atoms with Gasteiger partial charge in [-0.15, -0.1) is 11.3 Å². The summed E-state index contributed by atoms with van der Waals surface area (Å²) in [5.41, 5.74) is 8.76. The minimum absolute atomic E-state index is 0.0793. The van der Waals surface area contributed by atoms with Gasteiger partial charge in [0.1, 0.15) is 0 Å². The average molecular weight is 254 g/mol. The Morgan fingerprint density at radius 3 is 3.24 bits per heavy atom. The lowest BCUT2D eigenvalue weighted by Crippen LogP contribution is -2.42. The van der Waals surface area contributed by atoms with E-state index in [-0.39, 0.29) is 18.0 Å². The van der Waals surface area contributed by atoms with Crippen LogP contribution in [0.3, 0.4) is 0 Å². The van der Waals surface area contributed by atoms with E-state index in [9.17, 15) is 4.79 Å². The molecule has 6 heteroatoms. The number of amides is 1. The van der Waals surface area contributed by atoms with Crippen LogP contribution in [0.4, 0.5) is 0 Å². The zero-order chi connectivity index (χ0) is 12.3. The third kappa shape index (κ3) is 3.02. The van der Waals surface area contributed by atoms with Crippen molar-refractivity contribution in [3.8, 4) is 0 Å². The second kappa shape index (κ2) is 5.57. The molecule has 5 nitrogen and oxygen atoms in total. The van der Waals surface area contributed by atoms with E-state index in [1.54, 1.807) is 11.3 Å². The van der Waals surface area contributed by atoms with Gasteiger partial charge in [0.25, 0.3) is 0 Å². The number of hydrogen-bond donors (Lipinski definition) is 2. The van der Waals surface area contributed by atoms with Crippen LogP contribution in [0.15, 0.2) is 10.9 Å². The quantitative estimate of drug-likeness (QED) is 0.804. The topological polar surface area (TPSA) is 71.2 Å². The molecule has 1 aliphatic heterocycles. The third-order valence-electron chi connectivity index (χ3n) is 2.94. The summed E-state index contributed by atoms with van der Waals surface area (Å²) in [7, 11) is 0. The second-order valence-electron chi connectivity index (χ2n) is 4.32. The molecule has 0 saturated carbocycles. The zero-order valence-corrected chi connectivity index (χ0v) is 10.7. The number of likely N-dealkylation sites (tertiary alicyclic amines) is 1. The molecular weight excluding hydrogens is 236 g/mol. The van der Waals surface area contributed by atoms with Crippen LogP contribution in [0.1, 0.15) is 19.0 Å². The van der Waals surface area contributed by atoms with E-state index in [1.165, 1.54) is 0 Å². The van der Waals surface area contributed by atoms with Crippen molar-refractivity contribution in [1.29, 1.82) is 0 Å². The van der Waals surface area contributed by atoms with E-state index >= 15 is 0 Å². The van der Waals surface area contributed by atoms with E-state index in [4.69, 9.17) is 5.73 Å². The zero-order valence-electron chi connectivity index (χ0n) is 9.93. The minimum atomic E-state index is -0.105. The molecular formula is C11H18N4OS. The number of thiazole rings is 1. The Hall–Kier alpha value is -0.980. The summed E-state index contributed by atoms with van der Waals surface area (Å²) in [5, 5.41) is 4.88. The normalized spacial score (nSPS) is 25.1. The molecule has 1 aromatic rings. The number of nitrogens with zero attached hydrogens (tertiary/aromatic N) is 2. The van der Waals surface area contributed by atoms with Crippen LogP contribution in [0.5, 0.6) is 0 Å². The van der Waals surface area contributed by atoms with Gasteiger partial charge in [0.2, 0.25) is 5.91 Å². The molecule has 3 N–H and O–H groups in total. The van der Waals surface area contributed by atoms with Crippen LogP contribution < -0.4 is 11.1 Å². The molecule has 1 fully saturated rings. The van der Waals surface area contributed by atoms with Gasteiger partial charge in [-0.3, -0.25) is 9.69 Å². The molecule has 2 rings (SSSR count). The number of likely N-dealkylation sites (N-methyl/N-ethyl adjacent to an activating group) is 1. The van der Waals surface area contributed by atoms with Crippen molar-refractivity contribution in [1.82, 2.24) is 15.2 Å². The second-order valence-corrected chi connectivity index (χ2v) is 5.03. The Bertz CT molecular complexity index is 368. The fourth-order valence-electron chi connectivity index (χ4n) is 2.20. The molecule has 2 atom stereocenters. The van der Waals surface area contributed by atoms with Crippen molar-refractivity contribution in [2.24, 2.45) is 5.73 Å². The van der Waals surface area contributed by atoms with Gasteiger partial charge in [0.05, 0.1) is 17.2 Å². The van der Waals surface area contributed by atoms with Crippen LogP contribution in [0.25, 0.3) is 0 Å². The maximum Gasteiger partial charge on any atom is 0.237 e. The number of aromatic nitrogens is 1. The number of nitrogens with one attached hydrogen (secondary N) is 1. The van der Waals surface area contributed by atoms with Gasteiger partial charge in [-0.1, -0.05) is 0 Å². The monoisotopic (exact) mass is 254 g/mol. The van der Waals surface area contributed by atoms with Crippen LogP contribution in [-0.2, 0) is 11.3 Å².